The summed E-state index contributed by atoms with van der Waals surface area (Å²) in [6.45, 7) is 5.90. The molecule has 13 heteroatoms. The normalized spacial score (nSPS) is 12.2. The van der Waals surface area contributed by atoms with Gasteiger partial charge in [0.25, 0.3) is 10.0 Å². The van der Waals surface area contributed by atoms with Gasteiger partial charge < -0.3 is 15.2 Å². The number of carbonyl (C=O) groups is 1. The van der Waals surface area contributed by atoms with Crippen LogP contribution in [0.5, 0.6) is 11.5 Å². The van der Waals surface area contributed by atoms with Gasteiger partial charge in [0.05, 0.1) is 16.2 Å². The van der Waals surface area contributed by atoms with Crippen LogP contribution in [0.2, 0.25) is 0 Å². The highest BCUT2D eigenvalue weighted by atomic mass is 32.2. The average molecular weight is 643 g/mol. The molecule has 0 saturated carbocycles. The Hall–Kier alpha value is -5.19. The summed E-state index contributed by atoms with van der Waals surface area (Å²) in [6, 6.07) is 21.2. The van der Waals surface area contributed by atoms with Crippen LogP contribution >= 0.6 is 11.3 Å². The van der Waals surface area contributed by atoms with Gasteiger partial charge in [-0.1, -0.05) is 45.0 Å². The second-order valence-corrected chi connectivity index (χ2v) is 13.8. The van der Waals surface area contributed by atoms with Gasteiger partial charge in [0.2, 0.25) is 0 Å². The maximum atomic E-state index is 12.9. The summed E-state index contributed by atoms with van der Waals surface area (Å²) in [7, 11) is -2.17. The summed E-state index contributed by atoms with van der Waals surface area (Å²) in [5.74, 6) is 0.608. The molecule has 5 rings (SSSR count). The molecule has 0 aliphatic heterocycles. The van der Waals surface area contributed by atoms with Gasteiger partial charge in [-0.05, 0) is 59.2 Å². The van der Waals surface area contributed by atoms with E-state index in [0.717, 1.165) is 33.7 Å². The fourth-order valence-electron chi connectivity index (χ4n) is 4.80. The molecular formula is C32H30N6O5S2. The molecule has 1 unspecified atom stereocenters. The molecule has 0 fully saturated rings. The molecular weight excluding hydrogens is 613 g/mol. The second kappa shape index (κ2) is 12.4. The number of hydrogen-bond donors (Lipinski definition) is 2. The number of anilines is 1. The molecule has 0 radical (unpaired) electrons. The molecule has 0 bridgehead atoms. The molecule has 5 aromatic rings. The molecule has 3 aromatic carbocycles. The summed E-state index contributed by atoms with van der Waals surface area (Å²) in [6.07, 6.45) is 1.74. The van der Waals surface area contributed by atoms with Crippen molar-refractivity contribution in [2.45, 2.75) is 31.8 Å². The molecule has 3 N–H and O–H groups in total. The number of amides is 1. The Balaban J connectivity index is 1.53. The van der Waals surface area contributed by atoms with E-state index in [4.69, 9.17) is 15.2 Å². The molecule has 2 aromatic heterocycles. The van der Waals surface area contributed by atoms with E-state index in [1.54, 1.807) is 29.4 Å². The summed E-state index contributed by atoms with van der Waals surface area (Å²) in [4.78, 5) is 15.5. The summed E-state index contributed by atoms with van der Waals surface area (Å²) >= 11 is 1.14. The molecule has 0 aliphatic carbocycles. The van der Waals surface area contributed by atoms with Crippen LogP contribution in [0.25, 0.3) is 22.4 Å². The third-order valence-electron chi connectivity index (χ3n) is 6.88. The van der Waals surface area contributed by atoms with Gasteiger partial charge in [0, 0.05) is 35.8 Å². The summed E-state index contributed by atoms with van der Waals surface area (Å²) in [5, 5.41) is 16.1. The monoisotopic (exact) mass is 642 g/mol. The largest absolute Gasteiger partial charge is 0.455 e. The number of nitrogens with zero attached hydrogens (tertiary/aromatic N) is 4. The highest BCUT2D eigenvalue weighted by molar-refractivity contribution is 7.93. The second-order valence-electron chi connectivity index (χ2n) is 11.2. The van der Waals surface area contributed by atoms with Crippen molar-refractivity contribution >= 4 is 32.6 Å². The maximum absolute atomic E-state index is 12.9. The first-order valence-electron chi connectivity index (χ1n) is 13.7. The van der Waals surface area contributed by atoms with E-state index >= 15 is 0 Å². The van der Waals surface area contributed by atoms with E-state index in [1.807, 2.05) is 69.3 Å². The van der Waals surface area contributed by atoms with Crippen LogP contribution in [0, 0.1) is 16.7 Å². The zero-order valence-electron chi connectivity index (χ0n) is 24.9. The third kappa shape index (κ3) is 6.98. The topological polar surface area (TPSA) is 162 Å². The van der Waals surface area contributed by atoms with Gasteiger partial charge in [0.15, 0.2) is 5.13 Å². The van der Waals surface area contributed by atoms with Gasteiger partial charge in [-0.25, -0.2) is 18.2 Å². The summed E-state index contributed by atoms with van der Waals surface area (Å²) < 4.78 is 41.6. The average Bonchev–Trinajstić information content (AvgIpc) is 3.67. The number of benzene rings is 3. The van der Waals surface area contributed by atoms with Gasteiger partial charge in [-0.2, -0.15) is 10.4 Å². The zero-order chi connectivity index (χ0) is 32.4. The molecule has 45 heavy (non-hydrogen) atoms. The minimum absolute atomic E-state index is 0.0346. The number of primary amides is 1. The van der Waals surface area contributed by atoms with Gasteiger partial charge in [-0.3, -0.25) is 9.40 Å². The molecule has 0 aliphatic rings. The number of rotatable bonds is 9. The van der Waals surface area contributed by atoms with Crippen molar-refractivity contribution in [3.8, 4) is 40.0 Å². The molecule has 11 nitrogen and oxygen atoms in total. The predicted octanol–water partition coefficient (Wildman–Crippen LogP) is 6.86. The van der Waals surface area contributed by atoms with Crippen LogP contribution in [-0.2, 0) is 21.8 Å². The lowest BCUT2D eigenvalue weighted by atomic mass is 9.83. The molecule has 230 valence electrons. The fraction of sp³-hybridized carbons (Fsp3) is 0.188. The van der Waals surface area contributed by atoms with Crippen molar-refractivity contribution in [2.24, 2.45) is 18.2 Å². The first kappa shape index (κ1) is 31.2. The van der Waals surface area contributed by atoms with Crippen LogP contribution in [0.4, 0.5) is 9.93 Å². The molecule has 1 amide bonds. The lowest BCUT2D eigenvalue weighted by Gasteiger charge is -2.30. The van der Waals surface area contributed by atoms with E-state index < -0.39 is 27.6 Å². The number of ether oxygens (including phenoxy) is 2. The van der Waals surface area contributed by atoms with Crippen LogP contribution in [0.3, 0.4) is 0 Å². The van der Waals surface area contributed by atoms with Crippen molar-refractivity contribution in [3.63, 3.8) is 0 Å². The number of nitrogens with one attached hydrogen (secondary N) is 1. The Morgan fingerprint density at radius 1 is 1.04 bits per heavy atom. The standard InChI is InChI=1S/C32H30N6O5S2/c1-32(2,3)29(43-30(34)39)22-7-5-6-20(16-22)21-8-10-28(25(18-21)26-12-13-36-38(26)4)42-27-11-9-24(17-23(27)19-33)45(40,41)37-31-35-14-15-44-31/h5-18,29H,1-4H3,(H2,34,39)(H,35,37). The van der Waals surface area contributed by atoms with Crippen LogP contribution in [-0.4, -0.2) is 29.3 Å². The fourth-order valence-corrected chi connectivity index (χ4v) is 6.61. The minimum atomic E-state index is -3.97. The minimum Gasteiger partial charge on any atom is -0.455 e. The lowest BCUT2D eigenvalue weighted by molar-refractivity contribution is 0.0360. The number of sulfonamides is 1. The number of thiazole rings is 1. The molecule has 0 saturated heterocycles. The number of aromatic nitrogens is 3. The van der Waals surface area contributed by atoms with Crippen LogP contribution in [0.1, 0.15) is 38.0 Å². The van der Waals surface area contributed by atoms with Crippen LogP contribution < -0.4 is 15.2 Å². The molecule has 2 heterocycles. The third-order valence-corrected chi connectivity index (χ3v) is 9.03. The van der Waals surface area contributed by atoms with Gasteiger partial charge >= 0.3 is 6.09 Å². The molecule has 1 atom stereocenters. The zero-order valence-corrected chi connectivity index (χ0v) is 26.5. The SMILES string of the molecule is Cn1nccc1-c1cc(-c2cccc(C(OC(N)=O)C(C)(C)C)c2)ccc1Oc1ccc(S(=O)(=O)Nc2nccs2)cc1C#N. The van der Waals surface area contributed by atoms with Gasteiger partial charge in [-0.15, -0.1) is 11.3 Å². The maximum Gasteiger partial charge on any atom is 0.405 e. The first-order valence-corrected chi connectivity index (χ1v) is 16.0. The van der Waals surface area contributed by atoms with Crippen molar-refractivity contribution in [3.05, 3.63) is 95.6 Å². The van der Waals surface area contributed by atoms with Crippen molar-refractivity contribution in [1.82, 2.24) is 14.8 Å². The number of hydrogen-bond acceptors (Lipinski definition) is 9. The smallest absolute Gasteiger partial charge is 0.405 e. The van der Waals surface area contributed by atoms with E-state index in [9.17, 15) is 18.5 Å². The van der Waals surface area contributed by atoms with E-state index in [-0.39, 0.29) is 21.3 Å². The predicted molar refractivity (Wildman–Crippen MR) is 171 cm³/mol. The Kier molecular flexibility index (Phi) is 8.63. The summed E-state index contributed by atoms with van der Waals surface area (Å²) in [5.41, 5.74) is 8.95. The Bertz CT molecular complexity index is 2010. The highest BCUT2D eigenvalue weighted by Gasteiger charge is 2.30. The quantitative estimate of drug-likeness (QED) is 0.176. The number of carbonyl (C=O) groups excluding carboxylic acids is 1. The number of aryl methyl sites for hydroxylation is 1. The molecule has 0 spiro atoms. The van der Waals surface area contributed by atoms with E-state index in [0.29, 0.717) is 11.3 Å². The lowest BCUT2D eigenvalue weighted by Crippen LogP contribution is -2.26. The van der Waals surface area contributed by atoms with Gasteiger partial charge in [0.1, 0.15) is 23.7 Å². The van der Waals surface area contributed by atoms with Crippen molar-refractivity contribution < 1.29 is 22.7 Å². The number of nitriles is 1. The van der Waals surface area contributed by atoms with Crippen molar-refractivity contribution in [2.75, 3.05) is 4.72 Å². The highest BCUT2D eigenvalue weighted by Crippen LogP contribution is 2.40. The van der Waals surface area contributed by atoms with E-state index in [1.165, 1.54) is 24.4 Å². The van der Waals surface area contributed by atoms with Crippen LogP contribution in [0.15, 0.2) is 89.4 Å². The Morgan fingerprint density at radius 3 is 2.44 bits per heavy atom. The Morgan fingerprint density at radius 2 is 1.80 bits per heavy atom. The first-order chi connectivity index (χ1) is 21.4. The number of nitrogens with two attached hydrogens (primary N) is 1. The van der Waals surface area contributed by atoms with E-state index in [2.05, 4.69) is 14.8 Å². The Labute approximate surface area is 264 Å². The van der Waals surface area contributed by atoms with Crippen molar-refractivity contribution in [1.29, 1.82) is 5.26 Å².